The SMILES string of the molecule is CCCCCCCCCC(=O)N[C@H]1CCC[C@H](C)[C@@H]1C. The van der Waals surface area contributed by atoms with E-state index in [0.717, 1.165) is 18.8 Å². The summed E-state index contributed by atoms with van der Waals surface area (Å²) in [5.41, 5.74) is 0. The van der Waals surface area contributed by atoms with Crippen molar-refractivity contribution in [3.05, 3.63) is 0 Å². The fraction of sp³-hybridized carbons (Fsp3) is 0.944. The Kier molecular flexibility index (Phi) is 8.97. The molecule has 0 saturated heterocycles. The third-order valence-corrected chi connectivity index (χ3v) is 5.06. The minimum Gasteiger partial charge on any atom is -0.353 e. The lowest BCUT2D eigenvalue weighted by atomic mass is 9.78. The Morgan fingerprint density at radius 1 is 1.00 bits per heavy atom. The summed E-state index contributed by atoms with van der Waals surface area (Å²) in [6.45, 7) is 6.86. The van der Waals surface area contributed by atoms with E-state index in [-0.39, 0.29) is 5.91 Å². The Balaban J connectivity index is 2.05. The van der Waals surface area contributed by atoms with Gasteiger partial charge < -0.3 is 5.32 Å². The van der Waals surface area contributed by atoms with Gasteiger partial charge in [-0.2, -0.15) is 0 Å². The molecular formula is C18H35NO. The Bertz CT molecular complexity index is 264. The smallest absolute Gasteiger partial charge is 0.220 e. The molecule has 1 N–H and O–H groups in total. The van der Waals surface area contributed by atoms with E-state index in [1.54, 1.807) is 0 Å². The summed E-state index contributed by atoms with van der Waals surface area (Å²) >= 11 is 0. The molecule has 1 rings (SSSR count). The summed E-state index contributed by atoms with van der Waals surface area (Å²) in [5, 5.41) is 3.27. The van der Waals surface area contributed by atoms with Crippen LogP contribution in [-0.4, -0.2) is 11.9 Å². The average Bonchev–Trinajstić information content (AvgIpc) is 2.43. The second kappa shape index (κ2) is 10.2. The maximum atomic E-state index is 12.0. The molecule has 0 bridgehead atoms. The maximum absolute atomic E-state index is 12.0. The average molecular weight is 281 g/mol. The lowest BCUT2D eigenvalue weighted by Gasteiger charge is -2.34. The van der Waals surface area contributed by atoms with Crippen LogP contribution >= 0.6 is 0 Å². The highest BCUT2D eigenvalue weighted by Gasteiger charge is 2.27. The molecular weight excluding hydrogens is 246 g/mol. The first-order valence-corrected chi connectivity index (χ1v) is 8.94. The normalized spacial score (nSPS) is 26.4. The molecule has 1 amide bonds. The van der Waals surface area contributed by atoms with E-state index >= 15 is 0 Å². The molecule has 3 atom stereocenters. The molecule has 1 aliphatic carbocycles. The molecule has 1 saturated carbocycles. The van der Waals surface area contributed by atoms with Crippen LogP contribution in [0, 0.1) is 11.8 Å². The van der Waals surface area contributed by atoms with Crippen LogP contribution in [0.3, 0.4) is 0 Å². The molecule has 118 valence electrons. The van der Waals surface area contributed by atoms with Gasteiger partial charge in [-0.05, 0) is 24.7 Å². The molecule has 0 unspecified atom stereocenters. The van der Waals surface area contributed by atoms with Crippen molar-refractivity contribution in [3.63, 3.8) is 0 Å². The van der Waals surface area contributed by atoms with E-state index in [4.69, 9.17) is 0 Å². The molecule has 0 aromatic heterocycles. The van der Waals surface area contributed by atoms with E-state index in [1.807, 2.05) is 0 Å². The van der Waals surface area contributed by atoms with Crippen molar-refractivity contribution in [1.82, 2.24) is 5.32 Å². The van der Waals surface area contributed by atoms with Gasteiger partial charge in [-0.25, -0.2) is 0 Å². The second-order valence-electron chi connectivity index (χ2n) is 6.81. The van der Waals surface area contributed by atoms with Crippen LogP contribution < -0.4 is 5.32 Å². The van der Waals surface area contributed by atoms with Gasteiger partial charge in [0.2, 0.25) is 5.91 Å². The van der Waals surface area contributed by atoms with Gasteiger partial charge in [-0.3, -0.25) is 4.79 Å². The van der Waals surface area contributed by atoms with E-state index in [1.165, 1.54) is 57.8 Å². The van der Waals surface area contributed by atoms with Crippen molar-refractivity contribution in [1.29, 1.82) is 0 Å². The summed E-state index contributed by atoms with van der Waals surface area (Å²) in [6.07, 6.45) is 13.4. The lowest BCUT2D eigenvalue weighted by Crippen LogP contribution is -2.43. The zero-order valence-electron chi connectivity index (χ0n) is 13.9. The van der Waals surface area contributed by atoms with Gasteiger partial charge in [0.25, 0.3) is 0 Å². The Labute approximate surface area is 126 Å². The first kappa shape index (κ1) is 17.5. The van der Waals surface area contributed by atoms with E-state index in [9.17, 15) is 4.79 Å². The van der Waals surface area contributed by atoms with Gasteiger partial charge in [0.1, 0.15) is 0 Å². The van der Waals surface area contributed by atoms with Crippen LogP contribution in [0.5, 0.6) is 0 Å². The molecule has 2 heteroatoms. The zero-order valence-corrected chi connectivity index (χ0v) is 13.9. The number of nitrogens with one attached hydrogen (secondary N) is 1. The summed E-state index contributed by atoms with van der Waals surface area (Å²) in [5.74, 6) is 1.68. The maximum Gasteiger partial charge on any atom is 0.220 e. The molecule has 20 heavy (non-hydrogen) atoms. The predicted octanol–water partition coefficient (Wildman–Crippen LogP) is 5.07. The zero-order chi connectivity index (χ0) is 14.8. The Morgan fingerprint density at radius 3 is 2.35 bits per heavy atom. The molecule has 0 heterocycles. The summed E-state index contributed by atoms with van der Waals surface area (Å²) in [6, 6.07) is 0.427. The predicted molar refractivity (Wildman–Crippen MR) is 86.7 cm³/mol. The standard InChI is InChI=1S/C18H35NO/c1-4-5-6-7-8-9-10-14-18(20)19-17-13-11-12-15(2)16(17)3/h15-17H,4-14H2,1-3H3,(H,19,20)/t15-,16-,17-/m0/s1. The van der Waals surface area contributed by atoms with E-state index in [2.05, 4.69) is 26.1 Å². The number of carbonyl (C=O) groups excluding carboxylic acids is 1. The fourth-order valence-electron chi connectivity index (χ4n) is 3.31. The number of hydrogen-bond acceptors (Lipinski definition) is 1. The molecule has 0 aliphatic heterocycles. The molecule has 0 radical (unpaired) electrons. The molecule has 0 spiro atoms. The van der Waals surface area contributed by atoms with Crippen LogP contribution in [0.2, 0.25) is 0 Å². The highest BCUT2D eigenvalue weighted by Crippen LogP contribution is 2.29. The second-order valence-corrected chi connectivity index (χ2v) is 6.81. The lowest BCUT2D eigenvalue weighted by molar-refractivity contribution is -0.122. The summed E-state index contributed by atoms with van der Waals surface area (Å²) in [7, 11) is 0. The van der Waals surface area contributed by atoms with Crippen molar-refractivity contribution in [2.24, 2.45) is 11.8 Å². The first-order chi connectivity index (χ1) is 9.65. The third kappa shape index (κ3) is 6.76. The van der Waals surface area contributed by atoms with E-state index < -0.39 is 0 Å². The number of hydrogen-bond donors (Lipinski definition) is 1. The Morgan fingerprint density at radius 2 is 1.65 bits per heavy atom. The van der Waals surface area contributed by atoms with Crippen LogP contribution in [0.4, 0.5) is 0 Å². The number of amides is 1. The molecule has 0 aromatic carbocycles. The molecule has 1 fully saturated rings. The van der Waals surface area contributed by atoms with Gasteiger partial charge in [-0.15, -0.1) is 0 Å². The molecule has 1 aliphatic rings. The van der Waals surface area contributed by atoms with E-state index in [0.29, 0.717) is 12.0 Å². The molecule has 0 aromatic rings. The van der Waals surface area contributed by atoms with Crippen molar-refractivity contribution >= 4 is 5.91 Å². The van der Waals surface area contributed by atoms with Crippen LogP contribution in [-0.2, 0) is 4.79 Å². The summed E-state index contributed by atoms with van der Waals surface area (Å²) < 4.78 is 0. The van der Waals surface area contributed by atoms with Crippen LogP contribution in [0.25, 0.3) is 0 Å². The highest BCUT2D eigenvalue weighted by atomic mass is 16.1. The van der Waals surface area contributed by atoms with Crippen molar-refractivity contribution < 1.29 is 4.79 Å². The fourth-order valence-corrected chi connectivity index (χ4v) is 3.31. The minimum atomic E-state index is 0.282. The van der Waals surface area contributed by atoms with Gasteiger partial charge in [0, 0.05) is 12.5 Å². The number of unbranched alkanes of at least 4 members (excludes halogenated alkanes) is 6. The van der Waals surface area contributed by atoms with Gasteiger partial charge in [0.15, 0.2) is 0 Å². The molecule has 2 nitrogen and oxygen atoms in total. The highest BCUT2D eigenvalue weighted by molar-refractivity contribution is 5.76. The number of rotatable bonds is 9. The third-order valence-electron chi connectivity index (χ3n) is 5.06. The minimum absolute atomic E-state index is 0.282. The quantitative estimate of drug-likeness (QED) is 0.587. The van der Waals surface area contributed by atoms with Gasteiger partial charge in [-0.1, -0.05) is 72.1 Å². The first-order valence-electron chi connectivity index (χ1n) is 8.94. The Hall–Kier alpha value is -0.530. The largest absolute Gasteiger partial charge is 0.353 e. The summed E-state index contributed by atoms with van der Waals surface area (Å²) in [4.78, 5) is 12.0. The topological polar surface area (TPSA) is 29.1 Å². The van der Waals surface area contributed by atoms with Crippen molar-refractivity contribution in [3.8, 4) is 0 Å². The van der Waals surface area contributed by atoms with Gasteiger partial charge in [0.05, 0.1) is 0 Å². The number of carbonyl (C=O) groups is 1. The van der Waals surface area contributed by atoms with Crippen molar-refractivity contribution in [2.45, 2.75) is 97.4 Å². The van der Waals surface area contributed by atoms with Crippen LogP contribution in [0.1, 0.15) is 91.4 Å². The van der Waals surface area contributed by atoms with Crippen LogP contribution in [0.15, 0.2) is 0 Å². The van der Waals surface area contributed by atoms with Crippen molar-refractivity contribution in [2.75, 3.05) is 0 Å². The van der Waals surface area contributed by atoms with Gasteiger partial charge >= 0.3 is 0 Å². The monoisotopic (exact) mass is 281 g/mol.